The van der Waals surface area contributed by atoms with Crippen molar-refractivity contribution in [3.05, 3.63) is 50.6 Å². The number of benzene rings is 1. The Bertz CT molecular complexity index is 1370. The molecule has 3 amide bonds. The van der Waals surface area contributed by atoms with Gasteiger partial charge in [-0.2, -0.15) is 0 Å². The number of fused-ring (bicyclic) bond motifs is 2. The summed E-state index contributed by atoms with van der Waals surface area (Å²) in [5, 5.41) is 11.1. The molecule has 3 aromatic rings. The maximum absolute atomic E-state index is 13.3. The van der Waals surface area contributed by atoms with E-state index < -0.39 is 6.04 Å². The topological polar surface area (TPSA) is 119 Å². The molecule has 3 unspecified atom stereocenters. The van der Waals surface area contributed by atoms with Crippen LogP contribution in [0.4, 0.5) is 0 Å². The zero-order valence-electron chi connectivity index (χ0n) is 22.2. The molecule has 0 radical (unpaired) electrons. The fourth-order valence-corrected chi connectivity index (χ4v) is 6.54. The number of hydrogen-bond donors (Lipinski definition) is 4. The van der Waals surface area contributed by atoms with E-state index in [9.17, 15) is 14.4 Å². The molecule has 39 heavy (non-hydrogen) atoms. The van der Waals surface area contributed by atoms with Gasteiger partial charge in [0.2, 0.25) is 5.91 Å². The predicted molar refractivity (Wildman–Crippen MR) is 156 cm³/mol. The Balaban J connectivity index is 0.00000353. The molecule has 5 rings (SSSR count). The second-order valence-corrected chi connectivity index (χ2v) is 12.1. The first-order chi connectivity index (χ1) is 18.2. The highest BCUT2D eigenvalue weighted by molar-refractivity contribution is 7.13. The lowest BCUT2D eigenvalue weighted by Crippen LogP contribution is -2.56. The molecule has 1 fully saturated rings. The quantitative estimate of drug-likeness (QED) is 0.346. The minimum absolute atomic E-state index is 0. The van der Waals surface area contributed by atoms with E-state index in [4.69, 9.17) is 11.6 Å². The number of likely N-dealkylation sites (N-methyl/N-ethyl adjacent to an activating group) is 1. The summed E-state index contributed by atoms with van der Waals surface area (Å²) in [4.78, 5) is 50.4. The summed E-state index contributed by atoms with van der Waals surface area (Å²) in [6.45, 7) is 5.56. The Morgan fingerprint density at radius 2 is 1.90 bits per heavy atom. The van der Waals surface area contributed by atoms with E-state index >= 15 is 0 Å². The largest absolute Gasteiger partial charge is 0.354 e. The van der Waals surface area contributed by atoms with Gasteiger partial charge in [0.1, 0.15) is 5.69 Å². The maximum atomic E-state index is 13.3. The molecule has 0 spiro atoms. The number of aromatic nitrogens is 2. The monoisotopic (exact) mass is 592 g/mol. The SMILES string of the molecule is CC(C)NC(=O)C1CCC(NC(=O)c2cc3cc(Cl)ccc3[nH]2)C(NC(=O)c2nc3c(s2)CN(C)CC3)C1.Cl. The maximum Gasteiger partial charge on any atom is 0.280 e. The number of aromatic amines is 1. The standard InChI is InChI=1S/C27H33ClN6O3S.ClH/c1-14(2)29-24(35)15-4-6-19(31-25(36)22-12-16-10-17(28)5-7-18(16)30-22)21(11-15)32-26(37)27-33-20-8-9-34(3)13-23(20)38-27;/h5,7,10,12,14-15,19,21,30H,4,6,8-9,11,13H2,1-3H3,(H,29,35)(H,31,36)(H,32,37);1H. The van der Waals surface area contributed by atoms with Gasteiger partial charge in [-0.15, -0.1) is 23.7 Å². The molecule has 1 aliphatic carbocycles. The molecule has 3 atom stereocenters. The molecule has 2 aliphatic rings. The first-order valence-corrected chi connectivity index (χ1v) is 14.2. The van der Waals surface area contributed by atoms with Crippen LogP contribution in [0.1, 0.15) is 64.0 Å². The Hall–Kier alpha value is -2.66. The number of amides is 3. The van der Waals surface area contributed by atoms with Crippen LogP contribution < -0.4 is 16.0 Å². The van der Waals surface area contributed by atoms with Crippen LogP contribution in [0.2, 0.25) is 5.02 Å². The highest BCUT2D eigenvalue weighted by atomic mass is 35.5. The summed E-state index contributed by atoms with van der Waals surface area (Å²) in [5.41, 5.74) is 2.22. The van der Waals surface area contributed by atoms with E-state index in [1.807, 2.05) is 19.9 Å². The molecule has 210 valence electrons. The fraction of sp³-hybridized carbons (Fsp3) is 0.481. The molecule has 9 nitrogen and oxygen atoms in total. The third kappa shape index (κ3) is 6.74. The summed E-state index contributed by atoms with van der Waals surface area (Å²) in [6, 6.07) is 6.46. The smallest absolute Gasteiger partial charge is 0.280 e. The Kier molecular flexibility index (Phi) is 9.21. The van der Waals surface area contributed by atoms with Crippen molar-refractivity contribution >= 4 is 64.0 Å². The van der Waals surface area contributed by atoms with Gasteiger partial charge in [0.25, 0.3) is 11.8 Å². The molecular formula is C27H34Cl2N6O3S. The van der Waals surface area contributed by atoms with Gasteiger partial charge in [0.15, 0.2) is 5.01 Å². The molecule has 2 aromatic heterocycles. The number of halogens is 2. The van der Waals surface area contributed by atoms with Crippen LogP contribution in [0.3, 0.4) is 0 Å². The van der Waals surface area contributed by atoms with Crippen LogP contribution >= 0.6 is 35.3 Å². The van der Waals surface area contributed by atoms with Gasteiger partial charge in [0, 0.05) is 58.3 Å². The summed E-state index contributed by atoms with van der Waals surface area (Å²) >= 11 is 7.52. The highest BCUT2D eigenvalue weighted by Gasteiger charge is 2.37. The van der Waals surface area contributed by atoms with Gasteiger partial charge < -0.3 is 25.8 Å². The third-order valence-electron chi connectivity index (χ3n) is 7.23. The van der Waals surface area contributed by atoms with Crippen LogP contribution in [0.15, 0.2) is 24.3 Å². The Morgan fingerprint density at radius 1 is 1.13 bits per heavy atom. The van der Waals surface area contributed by atoms with Gasteiger partial charge in [-0.25, -0.2) is 4.98 Å². The Morgan fingerprint density at radius 3 is 2.67 bits per heavy atom. The minimum Gasteiger partial charge on any atom is -0.354 e. The number of nitrogens with one attached hydrogen (secondary N) is 4. The summed E-state index contributed by atoms with van der Waals surface area (Å²) in [6.07, 6.45) is 2.45. The van der Waals surface area contributed by atoms with Crippen LogP contribution in [-0.4, -0.2) is 64.3 Å². The van der Waals surface area contributed by atoms with Crippen molar-refractivity contribution in [2.75, 3.05) is 13.6 Å². The lowest BCUT2D eigenvalue weighted by atomic mass is 9.81. The predicted octanol–water partition coefficient (Wildman–Crippen LogP) is 3.91. The molecule has 1 aliphatic heterocycles. The van der Waals surface area contributed by atoms with Crippen molar-refractivity contribution in [2.24, 2.45) is 5.92 Å². The second-order valence-electron chi connectivity index (χ2n) is 10.6. The molecule has 0 saturated heterocycles. The summed E-state index contributed by atoms with van der Waals surface area (Å²) < 4.78 is 0. The molecule has 1 aromatic carbocycles. The number of hydrogen-bond acceptors (Lipinski definition) is 6. The molecule has 4 N–H and O–H groups in total. The van der Waals surface area contributed by atoms with Crippen molar-refractivity contribution in [1.29, 1.82) is 0 Å². The van der Waals surface area contributed by atoms with E-state index in [0.29, 0.717) is 35.0 Å². The molecule has 12 heteroatoms. The number of carbonyl (C=O) groups excluding carboxylic acids is 3. The third-order valence-corrected chi connectivity index (χ3v) is 8.55. The minimum atomic E-state index is -0.412. The molecular weight excluding hydrogens is 559 g/mol. The van der Waals surface area contributed by atoms with E-state index in [1.54, 1.807) is 18.2 Å². The van der Waals surface area contributed by atoms with E-state index in [0.717, 1.165) is 41.0 Å². The van der Waals surface area contributed by atoms with E-state index in [2.05, 4.69) is 37.9 Å². The fourth-order valence-electron chi connectivity index (χ4n) is 5.27. The van der Waals surface area contributed by atoms with Crippen molar-refractivity contribution in [3.63, 3.8) is 0 Å². The van der Waals surface area contributed by atoms with Crippen LogP contribution in [0.5, 0.6) is 0 Å². The summed E-state index contributed by atoms with van der Waals surface area (Å²) in [7, 11) is 2.06. The average molecular weight is 594 g/mol. The van der Waals surface area contributed by atoms with E-state index in [1.165, 1.54) is 11.3 Å². The highest BCUT2D eigenvalue weighted by Crippen LogP contribution is 2.28. The molecule has 3 heterocycles. The van der Waals surface area contributed by atoms with Gasteiger partial charge in [-0.3, -0.25) is 14.4 Å². The van der Waals surface area contributed by atoms with Crippen molar-refractivity contribution in [3.8, 4) is 0 Å². The average Bonchev–Trinajstić information content (AvgIpc) is 3.48. The van der Waals surface area contributed by atoms with Crippen molar-refractivity contribution in [2.45, 2.75) is 64.2 Å². The molecule has 1 saturated carbocycles. The second kappa shape index (κ2) is 12.2. The number of rotatable bonds is 6. The first kappa shape index (κ1) is 29.3. The Labute approximate surface area is 242 Å². The van der Waals surface area contributed by atoms with Gasteiger partial charge >= 0.3 is 0 Å². The number of nitrogens with zero attached hydrogens (tertiary/aromatic N) is 2. The van der Waals surface area contributed by atoms with Crippen LogP contribution in [0.25, 0.3) is 10.9 Å². The number of carbonyl (C=O) groups is 3. The number of H-pyrrole nitrogens is 1. The van der Waals surface area contributed by atoms with Crippen LogP contribution in [-0.2, 0) is 17.8 Å². The lowest BCUT2D eigenvalue weighted by molar-refractivity contribution is -0.126. The van der Waals surface area contributed by atoms with E-state index in [-0.39, 0.29) is 48.1 Å². The molecule has 0 bridgehead atoms. The first-order valence-electron chi connectivity index (χ1n) is 13.0. The zero-order chi connectivity index (χ0) is 27.0. The van der Waals surface area contributed by atoms with Crippen molar-refractivity contribution in [1.82, 2.24) is 30.8 Å². The summed E-state index contributed by atoms with van der Waals surface area (Å²) in [5.74, 6) is -0.797. The van der Waals surface area contributed by atoms with Gasteiger partial charge in [0.05, 0.1) is 11.7 Å². The van der Waals surface area contributed by atoms with Gasteiger partial charge in [-0.05, 0) is 64.4 Å². The lowest BCUT2D eigenvalue weighted by Gasteiger charge is -2.36. The number of thiazole rings is 1. The van der Waals surface area contributed by atoms with Crippen LogP contribution in [0, 0.1) is 5.92 Å². The van der Waals surface area contributed by atoms with Gasteiger partial charge in [-0.1, -0.05) is 11.6 Å². The zero-order valence-corrected chi connectivity index (χ0v) is 24.6. The normalized spacial score (nSPS) is 21.2. The van der Waals surface area contributed by atoms with Crippen molar-refractivity contribution < 1.29 is 14.4 Å².